The molecule has 0 rings (SSSR count). The van der Waals surface area contributed by atoms with E-state index >= 15 is 0 Å². The lowest BCUT2D eigenvalue weighted by molar-refractivity contribution is -0.165. The third-order valence-corrected chi connectivity index (χ3v) is 5.32. The van der Waals surface area contributed by atoms with E-state index in [1.807, 2.05) is 25.3 Å². The Morgan fingerprint density at radius 1 is 0.767 bits per heavy atom. The van der Waals surface area contributed by atoms with Crippen LogP contribution in [0, 0.1) is 0 Å². The van der Waals surface area contributed by atoms with E-state index in [2.05, 4.69) is 38.0 Å². The number of likely N-dealkylation sites (N-methyl/N-ethyl adjacent to an activating group) is 1. The predicted molar refractivity (Wildman–Crippen MR) is 169 cm³/mol. The van der Waals surface area contributed by atoms with Crippen LogP contribution in [-0.4, -0.2) is 94.6 Å². The highest BCUT2D eigenvalue weighted by Crippen LogP contribution is 2.02. The summed E-state index contributed by atoms with van der Waals surface area (Å²) >= 11 is 0. The van der Waals surface area contributed by atoms with Gasteiger partial charge in [0, 0.05) is 51.0 Å². The number of allylic oxidation sites excluding steroid dienone is 2. The fraction of sp³-hybridized carbons (Fsp3) is 0.677. The van der Waals surface area contributed by atoms with Gasteiger partial charge in [-0.2, -0.15) is 0 Å². The zero-order chi connectivity index (χ0) is 33.3. The third kappa shape index (κ3) is 33.3. The number of nitrogens with zero attached hydrogens (tertiary/aromatic N) is 3. The SMILES string of the molecule is C=C(C)N(O)CCCCCNC(=O)CCC(=O)N(O)CC/C=C/CNC.CCC.CCC/C=C/CN(O)C(=O)CCC=O. The van der Waals surface area contributed by atoms with E-state index in [0.717, 1.165) is 43.7 Å². The molecule has 0 unspecified atom stereocenters. The Balaban J connectivity index is -0.000000788. The summed E-state index contributed by atoms with van der Waals surface area (Å²) in [6, 6.07) is 0. The van der Waals surface area contributed by atoms with Crippen LogP contribution < -0.4 is 10.6 Å². The molecule has 5 N–H and O–H groups in total. The Morgan fingerprint density at radius 3 is 1.98 bits per heavy atom. The molecule has 0 heterocycles. The van der Waals surface area contributed by atoms with Crippen molar-refractivity contribution in [2.45, 2.75) is 98.3 Å². The molecule has 43 heavy (non-hydrogen) atoms. The fourth-order valence-corrected chi connectivity index (χ4v) is 2.93. The van der Waals surface area contributed by atoms with Crippen molar-refractivity contribution in [3.8, 4) is 0 Å². The highest BCUT2D eigenvalue weighted by Gasteiger charge is 2.12. The maximum atomic E-state index is 11.7. The molecule has 0 fully saturated rings. The maximum Gasteiger partial charge on any atom is 0.246 e. The summed E-state index contributed by atoms with van der Waals surface area (Å²) in [6.07, 6.45) is 14.7. The Kier molecular flexibility index (Phi) is 34.5. The second-order valence-electron chi connectivity index (χ2n) is 9.75. The molecule has 0 saturated heterocycles. The normalized spacial score (nSPS) is 10.3. The summed E-state index contributed by atoms with van der Waals surface area (Å²) in [5.41, 5.74) is 0.606. The molecule has 0 aromatic carbocycles. The van der Waals surface area contributed by atoms with Crippen molar-refractivity contribution in [3.05, 3.63) is 36.6 Å². The van der Waals surface area contributed by atoms with E-state index in [9.17, 15) is 29.6 Å². The molecular formula is C31H59N5O7. The average molecular weight is 614 g/mol. The van der Waals surface area contributed by atoms with Crippen LogP contribution in [-0.2, 0) is 19.2 Å². The molecule has 0 aromatic rings. The zero-order valence-corrected chi connectivity index (χ0v) is 27.2. The number of carbonyl (C=O) groups excluding carboxylic acids is 4. The lowest BCUT2D eigenvalue weighted by atomic mass is 10.2. The number of aldehydes is 1. The van der Waals surface area contributed by atoms with Gasteiger partial charge in [-0.05, 0) is 46.1 Å². The number of unbranched alkanes of at least 4 members (excludes halogenated alkanes) is 3. The second kappa shape index (κ2) is 33.4. The molecule has 3 amide bonds. The van der Waals surface area contributed by atoms with E-state index in [1.165, 1.54) is 6.42 Å². The van der Waals surface area contributed by atoms with Gasteiger partial charge in [0.05, 0.1) is 13.1 Å². The van der Waals surface area contributed by atoms with E-state index in [-0.39, 0.29) is 44.7 Å². The van der Waals surface area contributed by atoms with Gasteiger partial charge in [-0.3, -0.25) is 35.1 Å². The van der Waals surface area contributed by atoms with Crippen molar-refractivity contribution in [3.63, 3.8) is 0 Å². The first kappa shape index (κ1) is 44.4. The first-order valence-corrected chi connectivity index (χ1v) is 15.3. The smallest absolute Gasteiger partial charge is 0.246 e. The van der Waals surface area contributed by atoms with Crippen LogP contribution >= 0.6 is 0 Å². The van der Waals surface area contributed by atoms with Crippen LogP contribution in [0.3, 0.4) is 0 Å². The van der Waals surface area contributed by atoms with Crippen molar-refractivity contribution < 1.29 is 34.8 Å². The lowest BCUT2D eigenvalue weighted by Crippen LogP contribution is -2.30. The number of hydrogen-bond acceptors (Lipinski definition) is 9. The van der Waals surface area contributed by atoms with Gasteiger partial charge in [0.1, 0.15) is 6.29 Å². The van der Waals surface area contributed by atoms with Gasteiger partial charge in [-0.1, -0.05) is 64.5 Å². The van der Waals surface area contributed by atoms with Crippen molar-refractivity contribution in [1.29, 1.82) is 0 Å². The second-order valence-corrected chi connectivity index (χ2v) is 9.75. The molecule has 0 aliphatic rings. The number of carbonyl (C=O) groups is 4. The first-order valence-electron chi connectivity index (χ1n) is 15.3. The van der Waals surface area contributed by atoms with E-state index in [0.29, 0.717) is 41.6 Å². The standard InChI is InChI=1S/C18H34N4O4.C10H17NO3.C3H8/c1-16(2)21(25)14-8-5-7-13-20-17(23)10-11-18(24)22(26)15-9-4-6-12-19-3;1-2-3-4-5-8-11(14)10(13)7-6-9-12;1-3-2/h4,6,19,25-26H,1,5,7-15H2,2-3H3,(H,20,23);4-5,9,14H,2-3,6-8H2,1H3;3H2,1-2H3/b6-4+;5-4+;. The number of nitrogens with one attached hydrogen (secondary N) is 2. The minimum Gasteiger partial charge on any atom is -0.356 e. The molecule has 0 aliphatic heterocycles. The fourth-order valence-electron chi connectivity index (χ4n) is 2.93. The van der Waals surface area contributed by atoms with E-state index in [1.54, 1.807) is 13.0 Å². The molecule has 0 aliphatic carbocycles. The number of amides is 3. The van der Waals surface area contributed by atoms with Gasteiger partial charge in [0.2, 0.25) is 17.7 Å². The van der Waals surface area contributed by atoms with Crippen molar-refractivity contribution in [1.82, 2.24) is 25.8 Å². The highest BCUT2D eigenvalue weighted by molar-refractivity contribution is 5.83. The number of rotatable bonds is 22. The van der Waals surface area contributed by atoms with Crippen LogP contribution in [0.4, 0.5) is 0 Å². The number of hydrogen-bond donors (Lipinski definition) is 5. The topological polar surface area (TPSA) is 163 Å². The Bertz CT molecular complexity index is 790. The van der Waals surface area contributed by atoms with Gasteiger partial charge in [-0.25, -0.2) is 10.1 Å². The van der Waals surface area contributed by atoms with E-state index < -0.39 is 11.8 Å². The van der Waals surface area contributed by atoms with Crippen molar-refractivity contribution in [2.75, 3.05) is 39.8 Å². The molecule has 12 nitrogen and oxygen atoms in total. The minimum atomic E-state index is -0.454. The van der Waals surface area contributed by atoms with E-state index in [4.69, 9.17) is 5.21 Å². The Labute approximate surface area is 259 Å². The van der Waals surface area contributed by atoms with Gasteiger partial charge < -0.3 is 15.4 Å². The summed E-state index contributed by atoms with van der Waals surface area (Å²) in [7, 11) is 1.84. The predicted octanol–water partition coefficient (Wildman–Crippen LogP) is 4.62. The zero-order valence-electron chi connectivity index (χ0n) is 27.2. The van der Waals surface area contributed by atoms with Crippen LogP contribution in [0.25, 0.3) is 0 Å². The van der Waals surface area contributed by atoms with Gasteiger partial charge in [-0.15, -0.1) is 0 Å². The molecule has 0 radical (unpaired) electrons. The monoisotopic (exact) mass is 613 g/mol. The van der Waals surface area contributed by atoms with Gasteiger partial charge in [0.15, 0.2) is 0 Å². The van der Waals surface area contributed by atoms with Gasteiger partial charge >= 0.3 is 0 Å². The minimum absolute atomic E-state index is 0.0132. The Hall–Kier alpha value is -3.06. The third-order valence-electron chi connectivity index (χ3n) is 5.32. The van der Waals surface area contributed by atoms with Crippen LogP contribution in [0.1, 0.15) is 98.3 Å². The van der Waals surface area contributed by atoms with Crippen LogP contribution in [0.2, 0.25) is 0 Å². The molecule has 0 atom stereocenters. The lowest BCUT2D eigenvalue weighted by Gasteiger charge is -2.15. The summed E-state index contributed by atoms with van der Waals surface area (Å²) in [6.45, 7) is 13.9. The van der Waals surface area contributed by atoms with Crippen LogP contribution in [0.15, 0.2) is 36.6 Å². The molecule has 250 valence electrons. The van der Waals surface area contributed by atoms with Crippen molar-refractivity contribution in [2.24, 2.45) is 0 Å². The Morgan fingerprint density at radius 2 is 1.40 bits per heavy atom. The summed E-state index contributed by atoms with van der Waals surface area (Å²) < 4.78 is 0. The molecule has 12 heteroatoms. The van der Waals surface area contributed by atoms with Crippen molar-refractivity contribution >= 4 is 24.0 Å². The largest absolute Gasteiger partial charge is 0.356 e. The molecular weight excluding hydrogens is 554 g/mol. The summed E-state index contributed by atoms with van der Waals surface area (Å²) in [5, 5.41) is 36.3. The number of hydroxylamine groups is 6. The summed E-state index contributed by atoms with van der Waals surface area (Å²) in [5.74, 6) is -1.07. The maximum absolute atomic E-state index is 11.7. The molecule has 0 saturated carbocycles. The quantitative estimate of drug-likeness (QED) is 0.0386. The molecule has 0 bridgehead atoms. The molecule has 0 aromatic heterocycles. The summed E-state index contributed by atoms with van der Waals surface area (Å²) in [4.78, 5) is 44.4. The average Bonchev–Trinajstić information content (AvgIpc) is 2.98. The highest BCUT2D eigenvalue weighted by atomic mass is 16.5. The van der Waals surface area contributed by atoms with Crippen LogP contribution in [0.5, 0.6) is 0 Å². The van der Waals surface area contributed by atoms with Gasteiger partial charge in [0.25, 0.3) is 0 Å². The molecule has 0 spiro atoms. The first-order chi connectivity index (χ1) is 20.5.